The number of alkyl halides is 3. The second kappa shape index (κ2) is 7.58. The van der Waals surface area contributed by atoms with Crippen LogP contribution in [-0.2, 0) is 6.54 Å². The topological polar surface area (TPSA) is 49.8 Å². The molecule has 2 aromatic carbocycles. The Morgan fingerprint density at radius 1 is 1.20 bits per heavy atom. The van der Waals surface area contributed by atoms with Crippen molar-refractivity contribution >= 4 is 71.2 Å². The second-order valence-corrected chi connectivity index (χ2v) is 13.0. The van der Waals surface area contributed by atoms with Gasteiger partial charge in [0.05, 0.1) is 11.7 Å². The highest BCUT2D eigenvalue weighted by Crippen LogP contribution is 2.51. The summed E-state index contributed by atoms with van der Waals surface area (Å²) in [6.45, 7) is 0.459. The molecular weight excluding hydrogens is 539 g/mol. The van der Waals surface area contributed by atoms with Gasteiger partial charge in [-0.2, -0.15) is 0 Å². The SMILES string of the molecule is [O-]N(O)c1ccc(Cl)c(CN2C=Cc3ccccc3[C@H]2C(Br)(Br)Br)c1. The van der Waals surface area contributed by atoms with Gasteiger partial charge in [0.15, 0.2) is 2.14 Å². The Labute approximate surface area is 176 Å². The summed E-state index contributed by atoms with van der Waals surface area (Å²) in [5, 5.41) is 20.7. The highest BCUT2D eigenvalue weighted by Gasteiger charge is 2.38. The molecule has 1 heterocycles. The molecule has 0 unspecified atom stereocenters. The summed E-state index contributed by atoms with van der Waals surface area (Å²) >= 11 is 17.2. The molecule has 0 spiro atoms. The van der Waals surface area contributed by atoms with E-state index in [9.17, 15) is 5.21 Å². The zero-order valence-electron chi connectivity index (χ0n) is 12.7. The number of benzene rings is 2. The molecule has 0 saturated heterocycles. The summed E-state index contributed by atoms with van der Waals surface area (Å²) in [6.07, 6.45) is 4.02. The van der Waals surface area contributed by atoms with Gasteiger partial charge in [-0.05, 0) is 41.0 Å². The Hall–Kier alpha value is -0.570. The van der Waals surface area contributed by atoms with Crippen molar-refractivity contribution in [2.75, 3.05) is 5.23 Å². The summed E-state index contributed by atoms with van der Waals surface area (Å²) in [6, 6.07) is 12.7. The summed E-state index contributed by atoms with van der Waals surface area (Å²) in [5.74, 6) is 0. The Bertz CT molecular complexity index is 809. The Morgan fingerprint density at radius 3 is 2.60 bits per heavy atom. The molecule has 1 aliphatic rings. The lowest BCUT2D eigenvalue weighted by atomic mass is 9.97. The number of halogens is 4. The van der Waals surface area contributed by atoms with Crippen LogP contribution in [-0.4, -0.2) is 12.2 Å². The average Bonchev–Trinajstić information content (AvgIpc) is 2.55. The molecule has 0 bridgehead atoms. The van der Waals surface area contributed by atoms with Gasteiger partial charge in [-0.1, -0.05) is 83.7 Å². The predicted molar refractivity (Wildman–Crippen MR) is 112 cm³/mol. The first-order valence-electron chi connectivity index (χ1n) is 7.31. The van der Waals surface area contributed by atoms with Crippen LogP contribution < -0.4 is 5.23 Å². The van der Waals surface area contributed by atoms with Crippen molar-refractivity contribution in [2.45, 2.75) is 14.7 Å². The lowest BCUT2D eigenvalue weighted by Crippen LogP contribution is -2.34. The van der Waals surface area contributed by atoms with E-state index in [0.717, 1.165) is 16.7 Å². The molecule has 1 aliphatic heterocycles. The maximum absolute atomic E-state index is 11.2. The third-order valence-corrected chi connectivity index (χ3v) is 5.65. The molecular formula is C17H13Br3ClN2O2-. The van der Waals surface area contributed by atoms with Gasteiger partial charge >= 0.3 is 0 Å². The second-order valence-electron chi connectivity index (χ2n) is 5.61. The zero-order chi connectivity index (χ0) is 18.2. The Morgan fingerprint density at radius 2 is 1.92 bits per heavy atom. The number of anilines is 1. The minimum atomic E-state index is -0.556. The molecule has 0 radical (unpaired) electrons. The smallest absolute Gasteiger partial charge is 0.159 e. The molecule has 132 valence electrons. The molecule has 0 saturated carbocycles. The van der Waals surface area contributed by atoms with E-state index in [-0.39, 0.29) is 17.0 Å². The number of rotatable bonds is 3. The van der Waals surface area contributed by atoms with Crippen LogP contribution in [0.2, 0.25) is 5.02 Å². The fraction of sp³-hybridized carbons (Fsp3) is 0.176. The van der Waals surface area contributed by atoms with E-state index >= 15 is 0 Å². The van der Waals surface area contributed by atoms with Crippen molar-refractivity contribution in [3.8, 4) is 0 Å². The Balaban J connectivity index is 1.99. The van der Waals surface area contributed by atoms with E-state index in [0.29, 0.717) is 11.6 Å². The molecule has 1 atom stereocenters. The van der Waals surface area contributed by atoms with Crippen molar-refractivity contribution in [2.24, 2.45) is 0 Å². The van der Waals surface area contributed by atoms with Gasteiger partial charge in [0.1, 0.15) is 0 Å². The van der Waals surface area contributed by atoms with Crippen LogP contribution in [0.25, 0.3) is 6.08 Å². The molecule has 3 rings (SSSR count). The standard InChI is InChI=1S/C17H13Br3ClN2O2/c18-17(19,20)16-14-4-2-1-3-11(14)7-8-22(16)10-12-9-13(23(24)25)5-6-15(12)21/h1-9,16,24H,10H2/q-1/t16-/m0/s1. The fourth-order valence-electron chi connectivity index (χ4n) is 2.86. The monoisotopic (exact) mass is 549 g/mol. The van der Waals surface area contributed by atoms with Crippen LogP contribution in [0.4, 0.5) is 5.69 Å². The molecule has 8 heteroatoms. The zero-order valence-corrected chi connectivity index (χ0v) is 18.3. The minimum Gasteiger partial charge on any atom is -0.733 e. The van der Waals surface area contributed by atoms with Crippen LogP contribution in [0.15, 0.2) is 48.7 Å². The first kappa shape index (κ1) is 19.2. The molecule has 1 N–H and O–H groups in total. The average molecular weight is 552 g/mol. The van der Waals surface area contributed by atoms with Crippen LogP contribution in [0.5, 0.6) is 0 Å². The third kappa shape index (κ3) is 4.23. The first-order valence-corrected chi connectivity index (χ1v) is 10.1. The summed E-state index contributed by atoms with van der Waals surface area (Å²) in [5.41, 5.74) is 3.14. The Kier molecular flexibility index (Phi) is 5.82. The van der Waals surface area contributed by atoms with Gasteiger partial charge in [0.2, 0.25) is 0 Å². The van der Waals surface area contributed by atoms with Crippen LogP contribution in [0.1, 0.15) is 22.7 Å². The molecule has 4 nitrogen and oxygen atoms in total. The molecule has 25 heavy (non-hydrogen) atoms. The number of hydrogen-bond acceptors (Lipinski definition) is 4. The van der Waals surface area contributed by atoms with Crippen LogP contribution in [0.3, 0.4) is 0 Å². The molecule has 0 amide bonds. The van der Waals surface area contributed by atoms with Gasteiger partial charge < -0.3 is 15.3 Å². The maximum Gasteiger partial charge on any atom is 0.159 e. The molecule has 0 fully saturated rings. The van der Waals surface area contributed by atoms with Gasteiger partial charge in [-0.25, -0.2) is 0 Å². The van der Waals surface area contributed by atoms with E-state index in [4.69, 9.17) is 16.8 Å². The van der Waals surface area contributed by atoms with Crippen LogP contribution in [0, 0.1) is 5.21 Å². The highest BCUT2D eigenvalue weighted by atomic mass is 80.0. The first-order chi connectivity index (χ1) is 11.8. The quantitative estimate of drug-likeness (QED) is 0.354. The van der Waals surface area contributed by atoms with Crippen molar-refractivity contribution in [1.29, 1.82) is 0 Å². The largest absolute Gasteiger partial charge is 0.733 e. The van der Waals surface area contributed by atoms with E-state index in [2.05, 4.69) is 64.8 Å². The van der Waals surface area contributed by atoms with Gasteiger partial charge in [0, 0.05) is 17.8 Å². The van der Waals surface area contributed by atoms with Gasteiger partial charge in [0.25, 0.3) is 0 Å². The lowest BCUT2D eigenvalue weighted by molar-refractivity contribution is 0.281. The minimum absolute atomic E-state index is 0.0779. The number of hydrogen-bond donors (Lipinski definition) is 1. The van der Waals surface area contributed by atoms with Crippen molar-refractivity contribution < 1.29 is 5.21 Å². The summed E-state index contributed by atoms with van der Waals surface area (Å²) < 4.78 is -0.556. The summed E-state index contributed by atoms with van der Waals surface area (Å²) in [4.78, 5) is 2.10. The van der Waals surface area contributed by atoms with Gasteiger partial charge in [-0.15, -0.1) is 0 Å². The molecule has 2 aromatic rings. The normalized spacial score (nSPS) is 16.7. The number of fused-ring (bicyclic) bond motifs is 1. The van der Waals surface area contributed by atoms with Crippen molar-refractivity contribution in [3.05, 3.63) is 75.6 Å². The maximum atomic E-state index is 11.2. The molecule has 0 aliphatic carbocycles. The predicted octanol–water partition coefficient (Wildman–Crippen LogP) is 6.40. The van der Waals surface area contributed by atoms with Crippen molar-refractivity contribution in [3.63, 3.8) is 0 Å². The van der Waals surface area contributed by atoms with E-state index < -0.39 is 2.14 Å². The van der Waals surface area contributed by atoms with Crippen LogP contribution >= 0.6 is 59.4 Å². The number of nitrogens with zero attached hydrogens (tertiary/aromatic N) is 2. The summed E-state index contributed by atoms with van der Waals surface area (Å²) in [7, 11) is 0. The molecule has 0 aromatic heterocycles. The third-order valence-electron chi connectivity index (χ3n) is 3.98. The van der Waals surface area contributed by atoms with E-state index in [1.54, 1.807) is 12.1 Å². The highest BCUT2D eigenvalue weighted by molar-refractivity contribution is 9.39. The van der Waals surface area contributed by atoms with Crippen molar-refractivity contribution in [1.82, 2.24) is 4.90 Å². The van der Waals surface area contributed by atoms with E-state index in [1.807, 2.05) is 24.4 Å². The fourth-order valence-corrected chi connectivity index (χ4v) is 4.56. The van der Waals surface area contributed by atoms with E-state index in [1.165, 1.54) is 6.07 Å². The lowest BCUT2D eigenvalue weighted by Gasteiger charge is -2.40. The van der Waals surface area contributed by atoms with Gasteiger partial charge in [-0.3, -0.25) is 5.21 Å².